The van der Waals surface area contributed by atoms with Crippen molar-refractivity contribution in [3.8, 4) is 0 Å². The second-order valence-corrected chi connectivity index (χ2v) is 3.48. The highest BCUT2D eigenvalue weighted by molar-refractivity contribution is 4.76. The van der Waals surface area contributed by atoms with Crippen LogP contribution in [0.25, 0.3) is 0 Å². The van der Waals surface area contributed by atoms with E-state index < -0.39 is 0 Å². The van der Waals surface area contributed by atoms with E-state index in [-0.39, 0.29) is 5.79 Å². The summed E-state index contributed by atoms with van der Waals surface area (Å²) in [4.78, 5) is 0. The zero-order valence-corrected chi connectivity index (χ0v) is 7.72. The average molecular weight is 158 g/mol. The highest BCUT2D eigenvalue weighted by Crippen LogP contribution is 2.32. The molecule has 0 bridgehead atoms. The van der Waals surface area contributed by atoms with Crippen molar-refractivity contribution in [2.45, 2.75) is 38.9 Å². The second kappa shape index (κ2) is 3.55. The lowest BCUT2D eigenvalue weighted by atomic mass is 9.94. The first kappa shape index (κ1) is 9.01. The Morgan fingerprint density at radius 1 is 1.36 bits per heavy atom. The lowest BCUT2D eigenvalue weighted by molar-refractivity contribution is -0.265. The average Bonchev–Trinajstić information content (AvgIpc) is 2.05. The van der Waals surface area contributed by atoms with Crippen molar-refractivity contribution < 1.29 is 9.47 Å². The highest BCUT2D eigenvalue weighted by Gasteiger charge is 2.36. The molecule has 2 nitrogen and oxygen atoms in total. The van der Waals surface area contributed by atoms with Crippen LogP contribution in [0.15, 0.2) is 0 Å². The molecule has 11 heavy (non-hydrogen) atoms. The van der Waals surface area contributed by atoms with Crippen molar-refractivity contribution in [3.63, 3.8) is 0 Å². The van der Waals surface area contributed by atoms with Gasteiger partial charge in [0.25, 0.3) is 0 Å². The predicted molar refractivity (Wildman–Crippen MR) is 44.4 cm³/mol. The summed E-state index contributed by atoms with van der Waals surface area (Å²) in [6.45, 7) is 5.15. The SMILES string of the molecule is COC1(C(C)C)CCCCO1. The molecule has 0 aromatic rings. The normalized spacial score (nSPS) is 32.7. The standard InChI is InChI=1S/C9H18O2/c1-8(2)9(10-3)6-4-5-7-11-9/h8H,4-7H2,1-3H3. The van der Waals surface area contributed by atoms with Crippen LogP contribution in [0.2, 0.25) is 0 Å². The predicted octanol–water partition coefficient (Wildman–Crippen LogP) is 2.19. The molecule has 0 aliphatic carbocycles. The molecule has 1 unspecified atom stereocenters. The summed E-state index contributed by atoms with van der Waals surface area (Å²) in [5, 5.41) is 0. The van der Waals surface area contributed by atoms with Gasteiger partial charge in [-0.05, 0) is 12.8 Å². The lowest BCUT2D eigenvalue weighted by Crippen LogP contribution is -2.43. The molecule has 0 saturated carbocycles. The first-order valence-corrected chi connectivity index (χ1v) is 4.40. The number of ether oxygens (including phenoxy) is 2. The van der Waals surface area contributed by atoms with E-state index in [1.54, 1.807) is 7.11 Å². The molecule has 0 aromatic heterocycles. The van der Waals surface area contributed by atoms with E-state index in [9.17, 15) is 0 Å². The Balaban J connectivity index is 2.57. The maximum atomic E-state index is 5.65. The van der Waals surface area contributed by atoms with Gasteiger partial charge in [-0.15, -0.1) is 0 Å². The van der Waals surface area contributed by atoms with Crippen molar-refractivity contribution in [2.75, 3.05) is 13.7 Å². The summed E-state index contributed by atoms with van der Waals surface area (Å²) < 4.78 is 11.1. The minimum absolute atomic E-state index is 0.280. The Morgan fingerprint density at radius 3 is 2.36 bits per heavy atom. The van der Waals surface area contributed by atoms with Gasteiger partial charge in [-0.2, -0.15) is 0 Å². The van der Waals surface area contributed by atoms with Crippen LogP contribution >= 0.6 is 0 Å². The van der Waals surface area contributed by atoms with Gasteiger partial charge in [-0.1, -0.05) is 13.8 Å². The molecule has 1 aliphatic heterocycles. The number of hydrogen-bond donors (Lipinski definition) is 0. The largest absolute Gasteiger partial charge is 0.353 e. The molecule has 0 aromatic carbocycles. The molecular formula is C9H18O2. The van der Waals surface area contributed by atoms with Crippen LogP contribution in [0, 0.1) is 5.92 Å². The summed E-state index contributed by atoms with van der Waals surface area (Å²) in [5.74, 6) is 0.172. The summed E-state index contributed by atoms with van der Waals surface area (Å²) >= 11 is 0. The highest BCUT2D eigenvalue weighted by atomic mass is 16.7. The van der Waals surface area contributed by atoms with E-state index in [4.69, 9.17) is 9.47 Å². The van der Waals surface area contributed by atoms with Gasteiger partial charge in [0, 0.05) is 19.4 Å². The van der Waals surface area contributed by atoms with Gasteiger partial charge < -0.3 is 9.47 Å². The summed E-state index contributed by atoms with van der Waals surface area (Å²) in [5.41, 5.74) is 0. The molecule has 66 valence electrons. The number of hydrogen-bond acceptors (Lipinski definition) is 2. The third kappa shape index (κ3) is 1.74. The fourth-order valence-corrected chi connectivity index (χ4v) is 1.64. The molecule has 0 N–H and O–H groups in total. The van der Waals surface area contributed by atoms with E-state index in [1.807, 2.05) is 0 Å². The Labute approximate surface area is 68.9 Å². The van der Waals surface area contributed by atoms with Gasteiger partial charge in [0.1, 0.15) is 0 Å². The van der Waals surface area contributed by atoms with Crippen LogP contribution < -0.4 is 0 Å². The third-order valence-electron chi connectivity index (χ3n) is 2.49. The van der Waals surface area contributed by atoms with Crippen molar-refractivity contribution >= 4 is 0 Å². The van der Waals surface area contributed by atoms with Crippen LogP contribution in [0.4, 0.5) is 0 Å². The third-order valence-corrected chi connectivity index (χ3v) is 2.49. The Hall–Kier alpha value is -0.0800. The van der Waals surface area contributed by atoms with Gasteiger partial charge in [0.2, 0.25) is 0 Å². The molecule has 1 fully saturated rings. The molecule has 0 radical (unpaired) electrons. The lowest BCUT2D eigenvalue weighted by Gasteiger charge is -2.39. The first-order valence-electron chi connectivity index (χ1n) is 4.40. The maximum absolute atomic E-state index is 5.65. The molecule has 2 heteroatoms. The van der Waals surface area contributed by atoms with Gasteiger partial charge in [-0.25, -0.2) is 0 Å². The van der Waals surface area contributed by atoms with Gasteiger partial charge in [-0.3, -0.25) is 0 Å². The smallest absolute Gasteiger partial charge is 0.170 e. The summed E-state index contributed by atoms with van der Waals surface area (Å²) in [6.07, 6.45) is 3.45. The molecule has 0 amide bonds. The molecule has 1 aliphatic rings. The number of rotatable bonds is 2. The van der Waals surface area contributed by atoms with Crippen molar-refractivity contribution in [2.24, 2.45) is 5.92 Å². The van der Waals surface area contributed by atoms with Gasteiger partial charge in [0.15, 0.2) is 5.79 Å². The quantitative estimate of drug-likeness (QED) is 0.613. The van der Waals surface area contributed by atoms with Gasteiger partial charge >= 0.3 is 0 Å². The molecule has 1 saturated heterocycles. The molecular weight excluding hydrogens is 140 g/mol. The monoisotopic (exact) mass is 158 g/mol. The molecule has 0 spiro atoms. The fourth-order valence-electron chi connectivity index (χ4n) is 1.64. The summed E-state index contributed by atoms with van der Waals surface area (Å²) in [7, 11) is 1.74. The minimum atomic E-state index is -0.280. The van der Waals surface area contributed by atoms with Crippen molar-refractivity contribution in [1.82, 2.24) is 0 Å². The maximum Gasteiger partial charge on any atom is 0.170 e. The van der Waals surface area contributed by atoms with E-state index in [1.165, 1.54) is 12.8 Å². The van der Waals surface area contributed by atoms with E-state index in [2.05, 4.69) is 13.8 Å². The van der Waals surface area contributed by atoms with Crippen LogP contribution in [0.5, 0.6) is 0 Å². The summed E-state index contributed by atoms with van der Waals surface area (Å²) in [6, 6.07) is 0. The van der Waals surface area contributed by atoms with Crippen molar-refractivity contribution in [3.05, 3.63) is 0 Å². The molecule has 1 atom stereocenters. The van der Waals surface area contributed by atoms with Crippen LogP contribution in [-0.2, 0) is 9.47 Å². The zero-order valence-electron chi connectivity index (χ0n) is 7.72. The van der Waals surface area contributed by atoms with Crippen LogP contribution in [0.3, 0.4) is 0 Å². The van der Waals surface area contributed by atoms with Gasteiger partial charge in [0.05, 0.1) is 6.61 Å². The van der Waals surface area contributed by atoms with E-state index in [0.717, 1.165) is 13.0 Å². The van der Waals surface area contributed by atoms with E-state index in [0.29, 0.717) is 5.92 Å². The van der Waals surface area contributed by atoms with Crippen LogP contribution in [0.1, 0.15) is 33.1 Å². The van der Waals surface area contributed by atoms with E-state index >= 15 is 0 Å². The Morgan fingerprint density at radius 2 is 2.09 bits per heavy atom. The zero-order chi connectivity index (χ0) is 8.32. The molecule has 1 rings (SSSR count). The number of methoxy groups -OCH3 is 1. The molecule has 1 heterocycles. The second-order valence-electron chi connectivity index (χ2n) is 3.48. The topological polar surface area (TPSA) is 18.5 Å². The minimum Gasteiger partial charge on any atom is -0.353 e. The Bertz CT molecular complexity index is 115. The first-order chi connectivity index (χ1) is 5.21. The van der Waals surface area contributed by atoms with Crippen LogP contribution in [-0.4, -0.2) is 19.5 Å². The Kier molecular flexibility index (Phi) is 2.90. The fraction of sp³-hybridized carbons (Fsp3) is 1.00. The van der Waals surface area contributed by atoms with Crippen molar-refractivity contribution in [1.29, 1.82) is 0 Å².